The van der Waals surface area contributed by atoms with E-state index < -0.39 is 0 Å². The largest absolute Gasteiger partial charge is 0.366 e. The van der Waals surface area contributed by atoms with Crippen molar-refractivity contribution in [3.63, 3.8) is 0 Å². The van der Waals surface area contributed by atoms with Gasteiger partial charge in [-0.25, -0.2) is 0 Å². The minimum Gasteiger partial charge on any atom is -0.366 e. The molecule has 1 saturated heterocycles. The molecule has 4 nitrogen and oxygen atoms in total. The average Bonchev–Trinajstić information content (AvgIpc) is 2.37. The van der Waals surface area contributed by atoms with Gasteiger partial charge in [0, 0.05) is 23.8 Å². The second kappa shape index (κ2) is 5.03. The molecule has 4 heteroatoms. The molecular weight excluding hydrogens is 240 g/mol. The summed E-state index contributed by atoms with van der Waals surface area (Å²) in [6, 6.07) is 5.30. The summed E-state index contributed by atoms with van der Waals surface area (Å²) in [5.74, 6) is 0. The highest BCUT2D eigenvalue weighted by Gasteiger charge is 2.30. The molecule has 0 saturated carbocycles. The third-order valence-corrected chi connectivity index (χ3v) is 3.89. The van der Waals surface area contributed by atoms with Crippen molar-refractivity contribution >= 4 is 17.5 Å². The predicted octanol–water partition coefficient (Wildman–Crippen LogP) is 4.01. The van der Waals surface area contributed by atoms with E-state index >= 15 is 0 Å². The minimum absolute atomic E-state index is 0.104. The number of rotatable bonds is 3. The van der Waals surface area contributed by atoms with Gasteiger partial charge in [-0.15, -0.1) is 0 Å². The molecule has 0 aromatic heterocycles. The molecule has 0 radical (unpaired) electrons. The van der Waals surface area contributed by atoms with E-state index in [1.54, 1.807) is 12.1 Å². The predicted molar refractivity (Wildman–Crippen MR) is 78.5 cm³/mol. The Bertz CT molecular complexity index is 509. The van der Waals surface area contributed by atoms with Crippen LogP contribution in [0.1, 0.15) is 38.7 Å². The van der Waals surface area contributed by atoms with Crippen molar-refractivity contribution in [3.05, 3.63) is 40.5 Å². The van der Waals surface area contributed by atoms with E-state index in [2.05, 4.69) is 25.3 Å². The van der Waals surface area contributed by atoms with Crippen LogP contribution in [0.25, 0.3) is 6.08 Å². The number of hydrogen-bond acceptors (Lipinski definition) is 3. The summed E-state index contributed by atoms with van der Waals surface area (Å²) in [4.78, 5) is 12.9. The van der Waals surface area contributed by atoms with Crippen molar-refractivity contribution in [1.82, 2.24) is 0 Å². The number of nitro groups is 1. The van der Waals surface area contributed by atoms with Crippen LogP contribution in [0.4, 0.5) is 11.4 Å². The van der Waals surface area contributed by atoms with Crippen molar-refractivity contribution in [1.29, 1.82) is 0 Å². The van der Waals surface area contributed by atoms with Gasteiger partial charge >= 0.3 is 0 Å². The summed E-state index contributed by atoms with van der Waals surface area (Å²) in [5.41, 5.74) is 1.86. The molecule has 0 amide bonds. The smallest absolute Gasteiger partial charge is 0.276 e. The highest BCUT2D eigenvalue weighted by molar-refractivity contribution is 5.67. The van der Waals surface area contributed by atoms with E-state index in [-0.39, 0.29) is 16.1 Å². The molecule has 0 aliphatic carbocycles. The normalized spacial score (nSPS) is 18.1. The van der Waals surface area contributed by atoms with E-state index in [1.807, 2.05) is 12.1 Å². The molecule has 1 aliphatic rings. The van der Waals surface area contributed by atoms with Gasteiger partial charge < -0.3 is 4.90 Å². The number of hydrogen-bond donors (Lipinski definition) is 0. The van der Waals surface area contributed by atoms with Crippen molar-refractivity contribution in [3.8, 4) is 0 Å². The molecule has 1 aliphatic heterocycles. The summed E-state index contributed by atoms with van der Waals surface area (Å²) >= 11 is 0. The molecule has 0 bridgehead atoms. The molecule has 102 valence electrons. The van der Waals surface area contributed by atoms with Gasteiger partial charge in [0.05, 0.1) is 10.5 Å². The average molecular weight is 260 g/mol. The Morgan fingerprint density at radius 3 is 2.74 bits per heavy atom. The Morgan fingerprint density at radius 2 is 2.16 bits per heavy atom. The number of nitro benzene ring substituents is 1. The summed E-state index contributed by atoms with van der Waals surface area (Å²) < 4.78 is 0. The Hall–Kier alpha value is -1.84. The summed E-state index contributed by atoms with van der Waals surface area (Å²) in [6.45, 7) is 9.12. The van der Waals surface area contributed by atoms with Crippen LogP contribution >= 0.6 is 0 Å². The fourth-order valence-corrected chi connectivity index (χ4v) is 2.78. The van der Waals surface area contributed by atoms with Crippen LogP contribution in [-0.4, -0.2) is 17.0 Å². The fourth-order valence-electron chi connectivity index (χ4n) is 2.78. The molecule has 0 N–H and O–H groups in total. The lowest BCUT2D eigenvalue weighted by molar-refractivity contribution is -0.385. The third-order valence-electron chi connectivity index (χ3n) is 3.89. The van der Waals surface area contributed by atoms with E-state index in [0.717, 1.165) is 18.7 Å². The summed E-state index contributed by atoms with van der Waals surface area (Å²) in [7, 11) is 0. The van der Waals surface area contributed by atoms with E-state index in [4.69, 9.17) is 0 Å². The zero-order valence-corrected chi connectivity index (χ0v) is 11.6. The monoisotopic (exact) mass is 260 g/mol. The lowest BCUT2D eigenvalue weighted by Gasteiger charge is -2.44. The zero-order valence-electron chi connectivity index (χ0n) is 11.6. The van der Waals surface area contributed by atoms with Gasteiger partial charge in [0.15, 0.2) is 0 Å². The maximum Gasteiger partial charge on any atom is 0.276 e. The highest BCUT2D eigenvalue weighted by atomic mass is 16.6. The van der Waals surface area contributed by atoms with Gasteiger partial charge in [-0.2, -0.15) is 0 Å². The molecule has 0 atom stereocenters. The van der Waals surface area contributed by atoms with Crippen molar-refractivity contribution in [2.45, 2.75) is 38.6 Å². The minimum atomic E-state index is -0.359. The zero-order chi connectivity index (χ0) is 14.0. The second-order valence-electron chi connectivity index (χ2n) is 5.63. The van der Waals surface area contributed by atoms with Crippen molar-refractivity contribution in [2.75, 3.05) is 11.4 Å². The van der Waals surface area contributed by atoms with Crippen LogP contribution in [0.5, 0.6) is 0 Å². The Kier molecular flexibility index (Phi) is 3.60. The van der Waals surface area contributed by atoms with Gasteiger partial charge in [-0.1, -0.05) is 12.7 Å². The second-order valence-corrected chi connectivity index (χ2v) is 5.63. The Morgan fingerprint density at radius 1 is 1.42 bits per heavy atom. The standard InChI is InChI=1S/C15H20N2O2/c1-4-12-11-13(7-8-14(12)17(18)19)16-10-6-5-9-15(16,2)3/h4,7-8,11H,1,5-6,9-10H2,2-3H3. The first-order valence-corrected chi connectivity index (χ1v) is 6.64. The van der Waals surface area contributed by atoms with Crippen molar-refractivity contribution < 1.29 is 4.92 Å². The van der Waals surface area contributed by atoms with Gasteiger partial charge in [-0.3, -0.25) is 10.1 Å². The molecule has 19 heavy (non-hydrogen) atoms. The maximum absolute atomic E-state index is 10.9. The third kappa shape index (κ3) is 2.62. The lowest BCUT2D eigenvalue weighted by Crippen LogP contribution is -2.47. The van der Waals surface area contributed by atoms with Gasteiger partial charge in [0.1, 0.15) is 0 Å². The molecule has 0 spiro atoms. The molecule has 2 rings (SSSR count). The van der Waals surface area contributed by atoms with E-state index in [9.17, 15) is 10.1 Å². The summed E-state index contributed by atoms with van der Waals surface area (Å²) in [5, 5.41) is 10.9. The molecule has 1 aromatic carbocycles. The Balaban J connectivity index is 2.40. The highest BCUT2D eigenvalue weighted by Crippen LogP contribution is 2.34. The molecule has 0 unspecified atom stereocenters. The van der Waals surface area contributed by atoms with Gasteiger partial charge in [0.25, 0.3) is 5.69 Å². The van der Waals surface area contributed by atoms with Crippen LogP contribution in [0.15, 0.2) is 24.8 Å². The molecule has 1 aromatic rings. The van der Waals surface area contributed by atoms with Crippen molar-refractivity contribution in [2.24, 2.45) is 0 Å². The van der Waals surface area contributed by atoms with E-state index in [1.165, 1.54) is 12.8 Å². The summed E-state index contributed by atoms with van der Waals surface area (Å²) in [6.07, 6.45) is 5.11. The first-order chi connectivity index (χ1) is 8.95. The van der Waals surface area contributed by atoms with E-state index in [0.29, 0.717) is 5.56 Å². The topological polar surface area (TPSA) is 46.4 Å². The quantitative estimate of drug-likeness (QED) is 0.609. The number of benzene rings is 1. The lowest BCUT2D eigenvalue weighted by atomic mass is 9.89. The number of nitrogens with zero attached hydrogens (tertiary/aromatic N) is 2. The fraction of sp³-hybridized carbons (Fsp3) is 0.467. The van der Waals surface area contributed by atoms with Crippen LogP contribution < -0.4 is 4.90 Å². The Labute approximate surface area is 113 Å². The molecule has 1 fully saturated rings. The first kappa shape index (κ1) is 13.6. The van der Waals surface area contributed by atoms with Crippen LogP contribution in [-0.2, 0) is 0 Å². The number of piperidine rings is 1. The SMILES string of the molecule is C=Cc1cc(N2CCCCC2(C)C)ccc1[N+](=O)[O-]. The van der Waals surface area contributed by atoms with Gasteiger partial charge in [0.2, 0.25) is 0 Å². The van der Waals surface area contributed by atoms with Gasteiger partial charge in [-0.05, 0) is 45.2 Å². The molecular formula is C15H20N2O2. The van der Waals surface area contributed by atoms with Crippen LogP contribution in [0.3, 0.4) is 0 Å². The maximum atomic E-state index is 10.9. The van der Waals surface area contributed by atoms with Crippen LogP contribution in [0.2, 0.25) is 0 Å². The molecule has 1 heterocycles. The first-order valence-electron chi connectivity index (χ1n) is 6.64. The van der Waals surface area contributed by atoms with Crippen LogP contribution in [0, 0.1) is 10.1 Å². The number of anilines is 1.